The van der Waals surface area contributed by atoms with Gasteiger partial charge in [-0.05, 0) is 75.6 Å². The van der Waals surface area contributed by atoms with Gasteiger partial charge in [-0.15, -0.1) is 0 Å². The lowest BCUT2D eigenvalue weighted by atomic mass is 9.78. The number of fused-ring (bicyclic) bond motifs is 1. The molecule has 12 heteroatoms. The molecule has 0 unspecified atom stereocenters. The number of rotatable bonds is 8. The first-order valence-electron chi connectivity index (χ1n) is 13.7. The second kappa shape index (κ2) is 11.0. The molecule has 1 fully saturated rings. The molecule has 1 aliphatic heterocycles. The number of amides is 1. The third kappa shape index (κ3) is 5.74. The molecule has 1 aromatic heterocycles. The van der Waals surface area contributed by atoms with Gasteiger partial charge in [-0.2, -0.15) is 0 Å². The van der Waals surface area contributed by atoms with Crippen molar-refractivity contribution in [2.24, 2.45) is 0 Å². The molecule has 5 rings (SSSR count). The van der Waals surface area contributed by atoms with Crippen LogP contribution in [0.4, 0.5) is 10.1 Å². The summed E-state index contributed by atoms with van der Waals surface area (Å²) in [5.41, 5.74) is 1.72. The SMILES string of the molecule is CNC(=O)c1c(-c2ccc(F)cc2)oc2cc(N(Cc3ccc(B4OC(C)(C)C(C)(C)O4)cc3OC)S(C)(=O)=O)ccc12. The Labute approximate surface area is 251 Å². The third-order valence-electron chi connectivity index (χ3n) is 8.07. The lowest BCUT2D eigenvalue weighted by Crippen LogP contribution is -2.41. The topological polar surface area (TPSA) is 107 Å². The number of halogens is 1. The summed E-state index contributed by atoms with van der Waals surface area (Å²) in [6.45, 7) is 7.85. The van der Waals surface area contributed by atoms with Crippen molar-refractivity contribution < 1.29 is 36.1 Å². The molecule has 0 bridgehead atoms. The number of hydrogen-bond donors (Lipinski definition) is 1. The Bertz CT molecular complexity index is 1790. The number of carbonyl (C=O) groups excluding carboxylic acids is 1. The van der Waals surface area contributed by atoms with E-state index in [9.17, 15) is 17.6 Å². The zero-order chi connectivity index (χ0) is 31.3. The molecule has 0 spiro atoms. The molecule has 226 valence electrons. The molecule has 0 saturated carbocycles. The molecule has 3 aromatic carbocycles. The number of furan rings is 1. The van der Waals surface area contributed by atoms with Crippen LogP contribution < -0.4 is 19.8 Å². The van der Waals surface area contributed by atoms with Crippen molar-refractivity contribution in [2.75, 3.05) is 24.7 Å². The van der Waals surface area contributed by atoms with Crippen LogP contribution >= 0.6 is 0 Å². The molecule has 4 aromatic rings. The second-order valence-electron chi connectivity index (χ2n) is 11.5. The summed E-state index contributed by atoms with van der Waals surface area (Å²) in [5, 5.41) is 3.10. The van der Waals surface area contributed by atoms with Gasteiger partial charge < -0.3 is 23.8 Å². The molecule has 0 aliphatic carbocycles. The van der Waals surface area contributed by atoms with E-state index < -0.39 is 40.1 Å². The van der Waals surface area contributed by atoms with Crippen LogP contribution in [0.1, 0.15) is 43.6 Å². The van der Waals surface area contributed by atoms with Gasteiger partial charge in [-0.25, -0.2) is 12.8 Å². The van der Waals surface area contributed by atoms with E-state index in [0.29, 0.717) is 33.5 Å². The molecule has 1 amide bonds. The molecule has 0 radical (unpaired) electrons. The summed E-state index contributed by atoms with van der Waals surface area (Å²) < 4.78 is 65.1. The van der Waals surface area contributed by atoms with E-state index >= 15 is 0 Å². The van der Waals surface area contributed by atoms with Crippen molar-refractivity contribution in [3.8, 4) is 17.1 Å². The number of nitrogens with zero attached hydrogens (tertiary/aromatic N) is 1. The van der Waals surface area contributed by atoms with Crippen LogP contribution in [-0.2, 0) is 25.9 Å². The normalized spacial score (nSPS) is 16.0. The van der Waals surface area contributed by atoms with Crippen molar-refractivity contribution in [3.63, 3.8) is 0 Å². The molecule has 1 saturated heterocycles. The number of hydrogen-bond acceptors (Lipinski definition) is 7. The van der Waals surface area contributed by atoms with Crippen LogP contribution in [0.2, 0.25) is 0 Å². The third-order valence-corrected chi connectivity index (χ3v) is 9.21. The minimum absolute atomic E-state index is 0.0367. The summed E-state index contributed by atoms with van der Waals surface area (Å²) >= 11 is 0. The standard InChI is InChI=1S/C31H34BFN2O7S/c1-30(2)31(3,4)42-32(41-30)21-11-8-20(25(16-21)39-6)18-35(43(7,37)38)23-14-15-24-26(17-23)40-28(27(24)29(36)34-5)19-9-12-22(33)13-10-19/h8-17H,18H2,1-7H3,(H,34,36). The van der Waals surface area contributed by atoms with E-state index in [4.69, 9.17) is 18.5 Å². The first-order valence-corrected chi connectivity index (χ1v) is 15.5. The Hall–Kier alpha value is -3.87. The van der Waals surface area contributed by atoms with Crippen molar-refractivity contribution >= 4 is 45.2 Å². The summed E-state index contributed by atoms with van der Waals surface area (Å²) in [4.78, 5) is 12.9. The van der Waals surface area contributed by atoms with Gasteiger partial charge in [0.1, 0.15) is 22.9 Å². The Morgan fingerprint density at radius 3 is 2.23 bits per heavy atom. The fraction of sp³-hybridized carbons (Fsp3) is 0.323. The minimum Gasteiger partial charge on any atom is -0.496 e. The number of nitrogens with one attached hydrogen (secondary N) is 1. The van der Waals surface area contributed by atoms with Crippen molar-refractivity contribution in [2.45, 2.75) is 45.4 Å². The smallest absolute Gasteiger partial charge is 0.494 e. The highest BCUT2D eigenvalue weighted by Gasteiger charge is 2.51. The Kier molecular flexibility index (Phi) is 7.83. The van der Waals surface area contributed by atoms with Gasteiger partial charge in [-0.3, -0.25) is 9.10 Å². The number of methoxy groups -OCH3 is 1. The van der Waals surface area contributed by atoms with Crippen LogP contribution in [-0.4, -0.2) is 53.1 Å². The summed E-state index contributed by atoms with van der Waals surface area (Å²) in [6, 6.07) is 15.8. The number of benzene rings is 3. The molecule has 0 atom stereocenters. The second-order valence-corrected chi connectivity index (χ2v) is 13.4. The van der Waals surface area contributed by atoms with Gasteiger partial charge >= 0.3 is 7.12 Å². The predicted octanol–water partition coefficient (Wildman–Crippen LogP) is 4.87. The quantitative estimate of drug-likeness (QED) is 0.285. The van der Waals surface area contributed by atoms with E-state index in [-0.39, 0.29) is 17.9 Å². The summed E-state index contributed by atoms with van der Waals surface area (Å²) in [7, 11) is -1.37. The fourth-order valence-electron chi connectivity index (χ4n) is 4.97. The maximum Gasteiger partial charge on any atom is 0.494 e. The van der Waals surface area contributed by atoms with E-state index in [2.05, 4.69) is 5.32 Å². The molecule has 43 heavy (non-hydrogen) atoms. The average molecular weight is 608 g/mol. The average Bonchev–Trinajstić information content (AvgIpc) is 3.43. The zero-order valence-electron chi connectivity index (χ0n) is 25.1. The lowest BCUT2D eigenvalue weighted by Gasteiger charge is -2.32. The number of carbonyl (C=O) groups is 1. The van der Waals surface area contributed by atoms with Gasteiger partial charge in [0, 0.05) is 29.6 Å². The lowest BCUT2D eigenvalue weighted by molar-refractivity contribution is 0.00578. The van der Waals surface area contributed by atoms with Gasteiger partial charge in [0.2, 0.25) is 10.0 Å². The van der Waals surface area contributed by atoms with E-state index in [1.165, 1.54) is 42.7 Å². The zero-order valence-corrected chi connectivity index (χ0v) is 26.0. The summed E-state index contributed by atoms with van der Waals surface area (Å²) in [6.07, 6.45) is 1.12. The Morgan fingerprint density at radius 1 is 1.00 bits per heavy atom. The number of ether oxygens (including phenoxy) is 1. The van der Waals surface area contributed by atoms with Crippen LogP contribution in [0.3, 0.4) is 0 Å². The Morgan fingerprint density at radius 2 is 1.65 bits per heavy atom. The Balaban J connectivity index is 1.53. The van der Waals surface area contributed by atoms with Crippen LogP contribution in [0.5, 0.6) is 5.75 Å². The van der Waals surface area contributed by atoms with E-state index in [0.717, 1.165) is 11.7 Å². The van der Waals surface area contributed by atoms with Crippen molar-refractivity contribution in [3.05, 3.63) is 77.6 Å². The molecule has 1 N–H and O–H groups in total. The number of sulfonamides is 1. The van der Waals surface area contributed by atoms with Crippen molar-refractivity contribution in [1.82, 2.24) is 5.32 Å². The summed E-state index contributed by atoms with van der Waals surface area (Å²) in [5.74, 6) is -0.0951. The highest BCUT2D eigenvalue weighted by atomic mass is 32.2. The van der Waals surface area contributed by atoms with Gasteiger partial charge in [0.15, 0.2) is 0 Å². The number of anilines is 1. The molecular weight excluding hydrogens is 574 g/mol. The van der Waals surface area contributed by atoms with E-state index in [1.807, 2.05) is 33.8 Å². The highest BCUT2D eigenvalue weighted by molar-refractivity contribution is 7.92. The van der Waals surface area contributed by atoms with Crippen LogP contribution in [0.25, 0.3) is 22.3 Å². The van der Waals surface area contributed by atoms with Crippen molar-refractivity contribution in [1.29, 1.82) is 0 Å². The molecule has 1 aliphatic rings. The maximum atomic E-state index is 13.6. The minimum atomic E-state index is -3.78. The first-order chi connectivity index (χ1) is 20.1. The molecular formula is C31H34BFN2O7S. The van der Waals surface area contributed by atoms with Gasteiger partial charge in [-0.1, -0.05) is 12.1 Å². The fourth-order valence-corrected chi connectivity index (χ4v) is 5.84. The van der Waals surface area contributed by atoms with Gasteiger partial charge in [0.25, 0.3) is 5.91 Å². The molecule has 2 heterocycles. The largest absolute Gasteiger partial charge is 0.496 e. The van der Waals surface area contributed by atoms with Gasteiger partial charge in [0.05, 0.1) is 42.4 Å². The highest BCUT2D eigenvalue weighted by Crippen LogP contribution is 2.38. The first kappa shape index (κ1) is 30.6. The predicted molar refractivity (Wildman–Crippen MR) is 165 cm³/mol. The van der Waals surface area contributed by atoms with Crippen LogP contribution in [0, 0.1) is 5.82 Å². The maximum absolute atomic E-state index is 13.6. The molecule has 9 nitrogen and oxygen atoms in total. The van der Waals surface area contributed by atoms with E-state index in [1.54, 1.807) is 30.3 Å². The van der Waals surface area contributed by atoms with Crippen LogP contribution in [0.15, 0.2) is 65.1 Å². The monoisotopic (exact) mass is 608 g/mol.